The van der Waals surface area contributed by atoms with Gasteiger partial charge in [-0.25, -0.2) is 8.78 Å². The number of ether oxygens (including phenoxy) is 4. The molecule has 2 saturated carbocycles. The maximum atomic E-state index is 13.8. The van der Waals surface area contributed by atoms with Crippen molar-refractivity contribution in [3.63, 3.8) is 0 Å². The molecule has 0 amide bonds. The van der Waals surface area contributed by atoms with Gasteiger partial charge in [-0.1, -0.05) is 89.5 Å². The lowest BCUT2D eigenvalue weighted by atomic mass is 9.80. The first-order chi connectivity index (χ1) is 29.3. The maximum absolute atomic E-state index is 13.8. The van der Waals surface area contributed by atoms with Gasteiger partial charge in [0.15, 0.2) is 11.5 Å². The molecule has 0 radical (unpaired) electrons. The van der Waals surface area contributed by atoms with Crippen molar-refractivity contribution in [3.05, 3.63) is 108 Å². The van der Waals surface area contributed by atoms with Crippen LogP contribution in [0.3, 0.4) is 0 Å². The van der Waals surface area contributed by atoms with Crippen molar-refractivity contribution in [2.45, 2.75) is 130 Å². The first-order valence-corrected chi connectivity index (χ1v) is 22.1. The zero-order valence-electron chi connectivity index (χ0n) is 35.2. The summed E-state index contributed by atoms with van der Waals surface area (Å²) in [5.74, 6) is 0.655. The number of carbonyl (C=O) groups excluding carboxylic acids is 2. The van der Waals surface area contributed by atoms with Gasteiger partial charge in [0.05, 0.1) is 17.5 Å². The van der Waals surface area contributed by atoms with Crippen molar-refractivity contribution >= 4 is 23.3 Å². The number of unbranched alkanes of at least 4 members (excludes halogenated alkanes) is 4. The molecule has 320 valence electrons. The molecule has 0 unspecified atom stereocenters. The third-order valence-electron chi connectivity index (χ3n) is 12.0. The highest BCUT2D eigenvalue weighted by molar-refractivity contribution is 5.78. The average molecular weight is 823 g/mol. The molecule has 0 N–H and O–H groups in total. The fraction of sp³-hybridized carbons (Fsp3) is 0.480. The lowest BCUT2D eigenvalue weighted by molar-refractivity contribution is -0.141. The van der Waals surface area contributed by atoms with E-state index in [1.54, 1.807) is 60.7 Å². The van der Waals surface area contributed by atoms with Crippen LogP contribution in [0.1, 0.15) is 128 Å². The number of esters is 2. The zero-order chi connectivity index (χ0) is 42.1. The van der Waals surface area contributed by atoms with E-state index in [1.165, 1.54) is 75.6 Å². The van der Waals surface area contributed by atoms with E-state index in [9.17, 15) is 18.4 Å². The van der Waals surface area contributed by atoms with Crippen molar-refractivity contribution < 1.29 is 37.3 Å². The largest absolute Gasteiger partial charge is 0.483 e. The summed E-state index contributed by atoms with van der Waals surface area (Å²) in [5, 5.41) is 9.01. The second kappa shape index (κ2) is 23.0. The molecule has 2 fully saturated rings. The molecule has 0 heterocycles. The van der Waals surface area contributed by atoms with Gasteiger partial charge in [-0.2, -0.15) is 5.11 Å². The second-order valence-electron chi connectivity index (χ2n) is 16.5. The second-order valence-corrected chi connectivity index (χ2v) is 16.5. The number of rotatable bonds is 20. The lowest BCUT2D eigenvalue weighted by Crippen LogP contribution is -2.26. The average Bonchev–Trinajstić information content (AvgIpc) is 3.27. The van der Waals surface area contributed by atoms with E-state index in [0.29, 0.717) is 40.1 Å². The smallest absolute Gasteiger partial charge is 0.314 e. The molecule has 2 aliphatic carbocycles. The predicted molar refractivity (Wildman–Crippen MR) is 229 cm³/mol. The highest BCUT2D eigenvalue weighted by Crippen LogP contribution is 2.47. The van der Waals surface area contributed by atoms with Gasteiger partial charge in [0.25, 0.3) is 0 Å². The summed E-state index contributed by atoms with van der Waals surface area (Å²) in [6.07, 6.45) is 17.2. The number of halogens is 2. The maximum Gasteiger partial charge on any atom is 0.314 e. The molecule has 6 rings (SSSR count). The number of benzene rings is 4. The Morgan fingerprint density at radius 3 is 1.53 bits per heavy atom. The Morgan fingerprint density at radius 2 is 1.03 bits per heavy atom. The Kier molecular flexibility index (Phi) is 17.1. The minimum Gasteiger partial charge on any atom is -0.483 e. The molecule has 2 aliphatic rings. The molecule has 0 bridgehead atoms. The van der Waals surface area contributed by atoms with E-state index in [2.05, 4.69) is 24.1 Å². The van der Waals surface area contributed by atoms with Crippen molar-refractivity contribution in [1.82, 2.24) is 0 Å². The first-order valence-electron chi connectivity index (χ1n) is 22.1. The van der Waals surface area contributed by atoms with Crippen molar-refractivity contribution in [1.29, 1.82) is 0 Å². The van der Waals surface area contributed by atoms with E-state index < -0.39 is 0 Å². The summed E-state index contributed by atoms with van der Waals surface area (Å²) >= 11 is 0. The molecule has 0 spiro atoms. The van der Waals surface area contributed by atoms with Crippen LogP contribution in [0.25, 0.3) is 0 Å². The van der Waals surface area contributed by atoms with Gasteiger partial charge in [0.1, 0.15) is 36.3 Å². The van der Waals surface area contributed by atoms with Crippen LogP contribution in [0.2, 0.25) is 0 Å². The number of nitrogens with zero attached hydrogens (tertiary/aromatic N) is 2. The summed E-state index contributed by atoms with van der Waals surface area (Å²) in [6, 6.07) is 22.0. The Labute approximate surface area is 354 Å². The van der Waals surface area contributed by atoms with Crippen LogP contribution >= 0.6 is 0 Å². The summed E-state index contributed by atoms with van der Waals surface area (Å²) in [6.45, 7) is 4.47. The van der Waals surface area contributed by atoms with E-state index in [4.69, 9.17) is 18.9 Å². The van der Waals surface area contributed by atoms with Crippen LogP contribution in [0.5, 0.6) is 23.0 Å². The standard InChI is InChI=1S/C50H60F2N2O6/c1-3-5-7-9-35-11-19-39(20-12-35)49(55)59-44-29-27-43(28-30-44)53-54-45-31-32-46(60-50(56)40-21-13-36(14-22-40)10-8-6-4-2)48(58-34-38-17-25-42(52)26-18-38)47(45)57-33-37-15-23-41(51)24-16-37/h15-18,23-32,35-36,39-40H,3-14,19-22,33-34H2,1-2H3. The van der Waals surface area contributed by atoms with Crippen LogP contribution in [-0.4, -0.2) is 11.9 Å². The minimum absolute atomic E-state index is 0.0157. The minimum atomic E-state index is -0.374. The zero-order valence-corrected chi connectivity index (χ0v) is 35.2. The lowest BCUT2D eigenvalue weighted by Gasteiger charge is -2.27. The molecule has 0 atom stereocenters. The molecule has 8 nitrogen and oxygen atoms in total. The van der Waals surface area contributed by atoms with E-state index >= 15 is 0 Å². The van der Waals surface area contributed by atoms with Crippen LogP contribution in [0.15, 0.2) is 95.2 Å². The normalized spacial score (nSPS) is 19.2. The summed E-state index contributed by atoms with van der Waals surface area (Å²) in [5.41, 5.74) is 2.16. The Morgan fingerprint density at radius 1 is 0.550 bits per heavy atom. The quantitative estimate of drug-likeness (QED) is 0.0381. The molecule has 0 aromatic heterocycles. The Hall–Kier alpha value is -5.12. The SMILES string of the molecule is CCCCCC1CCC(C(=O)Oc2ccc(N=Nc3ccc(OC(=O)C4CCC(CCCCC)CC4)c(OCc4ccc(F)cc4)c3OCc3ccc(F)cc3)cc2)CC1. The van der Waals surface area contributed by atoms with Crippen LogP contribution in [0, 0.1) is 35.3 Å². The van der Waals surface area contributed by atoms with Gasteiger partial charge < -0.3 is 18.9 Å². The summed E-state index contributed by atoms with van der Waals surface area (Å²) in [7, 11) is 0. The number of azo groups is 1. The molecular weight excluding hydrogens is 763 g/mol. The number of hydrogen-bond donors (Lipinski definition) is 0. The number of hydrogen-bond acceptors (Lipinski definition) is 8. The van der Waals surface area contributed by atoms with Gasteiger partial charge >= 0.3 is 11.9 Å². The van der Waals surface area contributed by atoms with Crippen molar-refractivity contribution in [2.24, 2.45) is 33.9 Å². The van der Waals surface area contributed by atoms with Crippen molar-refractivity contribution in [3.8, 4) is 23.0 Å². The molecule has 0 saturated heterocycles. The van der Waals surface area contributed by atoms with Gasteiger partial charge in [0.2, 0.25) is 5.75 Å². The third kappa shape index (κ3) is 13.4. The van der Waals surface area contributed by atoms with Crippen LogP contribution in [-0.2, 0) is 22.8 Å². The van der Waals surface area contributed by atoms with E-state index in [-0.39, 0.29) is 65.9 Å². The van der Waals surface area contributed by atoms with Crippen molar-refractivity contribution in [2.75, 3.05) is 0 Å². The highest BCUT2D eigenvalue weighted by atomic mass is 19.1. The molecular formula is C50H60F2N2O6. The fourth-order valence-electron chi connectivity index (χ4n) is 8.27. The Balaban J connectivity index is 1.20. The van der Waals surface area contributed by atoms with E-state index in [1.807, 2.05) is 0 Å². The van der Waals surface area contributed by atoms with Crippen LogP contribution in [0.4, 0.5) is 20.2 Å². The molecule has 4 aromatic rings. The van der Waals surface area contributed by atoms with Gasteiger partial charge in [-0.15, -0.1) is 5.11 Å². The topological polar surface area (TPSA) is 95.8 Å². The fourth-order valence-corrected chi connectivity index (χ4v) is 8.27. The monoisotopic (exact) mass is 822 g/mol. The molecule has 0 aliphatic heterocycles. The van der Waals surface area contributed by atoms with Crippen LogP contribution < -0.4 is 18.9 Å². The molecule has 4 aromatic carbocycles. The third-order valence-corrected chi connectivity index (χ3v) is 12.0. The first kappa shape index (κ1) is 44.4. The summed E-state index contributed by atoms with van der Waals surface area (Å²) in [4.78, 5) is 26.7. The number of carbonyl (C=O) groups is 2. The highest BCUT2D eigenvalue weighted by Gasteiger charge is 2.30. The van der Waals surface area contributed by atoms with Gasteiger partial charge in [0, 0.05) is 0 Å². The predicted octanol–water partition coefficient (Wildman–Crippen LogP) is 14.1. The molecule has 60 heavy (non-hydrogen) atoms. The van der Waals surface area contributed by atoms with E-state index in [0.717, 1.165) is 51.4 Å². The summed E-state index contributed by atoms with van der Waals surface area (Å²) < 4.78 is 52.2. The van der Waals surface area contributed by atoms with Gasteiger partial charge in [-0.05, 0) is 135 Å². The Bertz CT molecular complexity index is 1970. The molecule has 10 heteroatoms. The van der Waals surface area contributed by atoms with Gasteiger partial charge in [-0.3, -0.25) is 9.59 Å².